The lowest BCUT2D eigenvalue weighted by atomic mass is 10.6. The van der Waals surface area contributed by atoms with E-state index in [2.05, 4.69) is 20.5 Å². The third-order valence-electron chi connectivity index (χ3n) is 0.974. The van der Waals surface area contributed by atoms with Gasteiger partial charge in [0.2, 0.25) is 0 Å². The van der Waals surface area contributed by atoms with Gasteiger partial charge in [-0.05, 0) is 6.92 Å². The van der Waals surface area contributed by atoms with Crippen molar-refractivity contribution in [2.75, 3.05) is 0 Å². The average Bonchev–Trinajstić information content (AvgIpc) is 2.31. The first kappa shape index (κ1) is 6.73. The number of aromatic nitrogens is 3. The van der Waals surface area contributed by atoms with Crippen LogP contribution in [0.2, 0.25) is 0 Å². The van der Waals surface area contributed by atoms with Crippen LogP contribution in [-0.4, -0.2) is 21.6 Å². The SMILES string of the molecule is Cc1nnc(CN[C]=O)[nH]1. The lowest BCUT2D eigenvalue weighted by Crippen LogP contribution is -2.10. The molecular weight excluding hydrogens is 132 g/mol. The van der Waals surface area contributed by atoms with Gasteiger partial charge in [-0.3, -0.25) is 4.79 Å². The molecule has 0 aromatic carbocycles. The predicted octanol–water partition coefficient (Wildman–Crippen LogP) is -0.730. The number of hydrogen-bond donors (Lipinski definition) is 2. The third kappa shape index (κ3) is 1.54. The second-order valence-corrected chi connectivity index (χ2v) is 1.81. The molecule has 1 aromatic rings. The van der Waals surface area contributed by atoms with Gasteiger partial charge in [0, 0.05) is 0 Å². The second-order valence-electron chi connectivity index (χ2n) is 1.81. The van der Waals surface area contributed by atoms with Gasteiger partial charge in [0.1, 0.15) is 11.6 Å². The molecule has 1 amide bonds. The maximum atomic E-state index is 9.69. The van der Waals surface area contributed by atoms with Gasteiger partial charge in [0.25, 0.3) is 0 Å². The molecule has 1 aromatic heterocycles. The molecule has 53 valence electrons. The predicted molar refractivity (Wildman–Crippen MR) is 33.7 cm³/mol. The van der Waals surface area contributed by atoms with Gasteiger partial charge in [-0.1, -0.05) is 0 Å². The summed E-state index contributed by atoms with van der Waals surface area (Å²) >= 11 is 0. The Balaban J connectivity index is 2.49. The average molecular weight is 139 g/mol. The highest BCUT2D eigenvalue weighted by Gasteiger charge is 1.95. The van der Waals surface area contributed by atoms with Crippen LogP contribution in [-0.2, 0) is 11.3 Å². The molecule has 0 unspecified atom stereocenters. The molecule has 5 heteroatoms. The van der Waals surface area contributed by atoms with Crippen molar-refractivity contribution in [1.29, 1.82) is 0 Å². The fourth-order valence-electron chi connectivity index (χ4n) is 0.594. The number of aromatic amines is 1. The highest BCUT2D eigenvalue weighted by atomic mass is 16.1. The van der Waals surface area contributed by atoms with Crippen molar-refractivity contribution in [3.05, 3.63) is 11.6 Å². The van der Waals surface area contributed by atoms with E-state index in [-0.39, 0.29) is 0 Å². The third-order valence-corrected chi connectivity index (χ3v) is 0.974. The van der Waals surface area contributed by atoms with Crippen LogP contribution in [0.25, 0.3) is 0 Å². The zero-order valence-corrected chi connectivity index (χ0v) is 5.51. The van der Waals surface area contributed by atoms with Gasteiger partial charge in [0.15, 0.2) is 0 Å². The smallest absolute Gasteiger partial charge is 0.309 e. The summed E-state index contributed by atoms with van der Waals surface area (Å²) in [5.74, 6) is 1.38. The summed E-state index contributed by atoms with van der Waals surface area (Å²) in [6.45, 7) is 2.14. The topological polar surface area (TPSA) is 70.7 Å². The summed E-state index contributed by atoms with van der Waals surface area (Å²) < 4.78 is 0. The first-order valence-corrected chi connectivity index (χ1v) is 2.81. The van der Waals surface area contributed by atoms with E-state index in [0.717, 1.165) is 5.82 Å². The highest BCUT2D eigenvalue weighted by Crippen LogP contribution is 1.87. The van der Waals surface area contributed by atoms with Crippen molar-refractivity contribution in [2.24, 2.45) is 0 Å². The minimum Gasteiger partial charge on any atom is -0.341 e. The molecule has 0 atom stereocenters. The van der Waals surface area contributed by atoms with Crippen LogP contribution in [0.4, 0.5) is 0 Å². The molecule has 0 bridgehead atoms. The van der Waals surface area contributed by atoms with Gasteiger partial charge in [-0.15, -0.1) is 10.2 Å². The maximum Gasteiger partial charge on any atom is 0.309 e. The first-order valence-electron chi connectivity index (χ1n) is 2.81. The molecule has 0 saturated carbocycles. The molecular formula is C5H7N4O. The van der Waals surface area contributed by atoms with Crippen LogP contribution in [0.3, 0.4) is 0 Å². The van der Waals surface area contributed by atoms with Crippen LogP contribution >= 0.6 is 0 Å². The van der Waals surface area contributed by atoms with Gasteiger partial charge < -0.3 is 10.3 Å². The van der Waals surface area contributed by atoms with E-state index in [9.17, 15) is 4.79 Å². The van der Waals surface area contributed by atoms with Crippen molar-refractivity contribution in [3.63, 3.8) is 0 Å². The Hall–Kier alpha value is -1.39. The van der Waals surface area contributed by atoms with Crippen molar-refractivity contribution >= 4 is 6.41 Å². The van der Waals surface area contributed by atoms with Crippen molar-refractivity contribution < 1.29 is 4.79 Å². The number of aryl methyl sites for hydroxylation is 1. The summed E-state index contributed by atoms with van der Waals surface area (Å²) in [6, 6.07) is 0. The summed E-state index contributed by atoms with van der Waals surface area (Å²) in [6.07, 6.45) is 1.54. The molecule has 0 saturated heterocycles. The van der Waals surface area contributed by atoms with Crippen LogP contribution in [0.5, 0.6) is 0 Å². The lowest BCUT2D eigenvalue weighted by molar-refractivity contribution is 0.540. The molecule has 1 radical (unpaired) electrons. The fraction of sp³-hybridized carbons (Fsp3) is 0.400. The van der Waals surface area contributed by atoms with E-state index in [1.54, 1.807) is 6.92 Å². The quantitative estimate of drug-likeness (QED) is 0.542. The molecule has 0 aliphatic heterocycles. The summed E-state index contributed by atoms with van der Waals surface area (Å²) in [5.41, 5.74) is 0. The number of H-pyrrole nitrogens is 1. The largest absolute Gasteiger partial charge is 0.341 e. The number of rotatable bonds is 3. The molecule has 0 fully saturated rings. The molecule has 1 heterocycles. The van der Waals surface area contributed by atoms with Crippen LogP contribution in [0.1, 0.15) is 11.6 Å². The van der Waals surface area contributed by atoms with E-state index in [1.807, 2.05) is 0 Å². The minimum absolute atomic E-state index is 0.352. The van der Waals surface area contributed by atoms with Crippen LogP contribution in [0.15, 0.2) is 0 Å². The standard InChI is InChI=1S/C5H7N4O/c1-4-7-5(9-8-4)2-6-3-10/h2H2,1H3,(H,6,10)(H,7,8,9). The Labute approximate surface area is 57.9 Å². The minimum atomic E-state index is 0.352. The molecule has 10 heavy (non-hydrogen) atoms. The Kier molecular flexibility index (Phi) is 1.99. The van der Waals surface area contributed by atoms with E-state index in [4.69, 9.17) is 0 Å². The Bertz CT molecular complexity index is 219. The Morgan fingerprint density at radius 3 is 3.00 bits per heavy atom. The summed E-state index contributed by atoms with van der Waals surface area (Å²) in [4.78, 5) is 12.5. The number of nitrogens with one attached hydrogen (secondary N) is 2. The van der Waals surface area contributed by atoms with Crippen molar-refractivity contribution in [1.82, 2.24) is 20.5 Å². The molecule has 5 nitrogen and oxygen atoms in total. The monoisotopic (exact) mass is 139 g/mol. The van der Waals surface area contributed by atoms with E-state index in [1.165, 1.54) is 6.41 Å². The molecule has 0 spiro atoms. The first-order chi connectivity index (χ1) is 4.83. The highest BCUT2D eigenvalue weighted by molar-refractivity contribution is 5.46. The Morgan fingerprint density at radius 2 is 2.50 bits per heavy atom. The Morgan fingerprint density at radius 1 is 1.70 bits per heavy atom. The number of amides is 1. The van der Waals surface area contributed by atoms with E-state index >= 15 is 0 Å². The van der Waals surface area contributed by atoms with E-state index in [0.29, 0.717) is 12.4 Å². The van der Waals surface area contributed by atoms with Crippen molar-refractivity contribution in [2.45, 2.75) is 13.5 Å². The zero-order valence-electron chi connectivity index (χ0n) is 5.51. The summed E-state index contributed by atoms with van der Waals surface area (Å²) in [7, 11) is 0. The van der Waals surface area contributed by atoms with E-state index < -0.39 is 0 Å². The van der Waals surface area contributed by atoms with Gasteiger partial charge in [-0.2, -0.15) is 0 Å². The second kappa shape index (κ2) is 2.95. The van der Waals surface area contributed by atoms with Gasteiger partial charge in [-0.25, -0.2) is 0 Å². The molecule has 1 rings (SSSR count). The molecule has 2 N–H and O–H groups in total. The summed E-state index contributed by atoms with van der Waals surface area (Å²) in [5, 5.41) is 9.74. The van der Waals surface area contributed by atoms with Crippen LogP contribution < -0.4 is 5.32 Å². The number of carbonyl (C=O) groups excluding carboxylic acids is 1. The van der Waals surface area contributed by atoms with Gasteiger partial charge in [0.05, 0.1) is 6.54 Å². The number of hydrogen-bond acceptors (Lipinski definition) is 3. The zero-order chi connectivity index (χ0) is 7.40. The molecule has 0 aliphatic rings. The fourth-order valence-corrected chi connectivity index (χ4v) is 0.594. The lowest BCUT2D eigenvalue weighted by Gasteiger charge is -1.88. The molecule has 0 aliphatic carbocycles. The normalized spacial score (nSPS) is 9.30. The maximum absolute atomic E-state index is 9.69. The van der Waals surface area contributed by atoms with Gasteiger partial charge >= 0.3 is 6.41 Å². The number of nitrogens with zero attached hydrogens (tertiary/aromatic N) is 2. The van der Waals surface area contributed by atoms with Crippen LogP contribution in [0, 0.1) is 6.92 Å². The van der Waals surface area contributed by atoms with Crippen molar-refractivity contribution in [3.8, 4) is 0 Å².